The van der Waals surface area contributed by atoms with Crippen LogP contribution in [-0.4, -0.2) is 43.9 Å². The summed E-state index contributed by atoms with van der Waals surface area (Å²) < 4.78 is 16.3. The molecule has 2 heterocycles. The summed E-state index contributed by atoms with van der Waals surface area (Å²) in [5, 5.41) is 8.94. The number of rotatable bonds is 6. The zero-order valence-corrected chi connectivity index (χ0v) is 17.1. The number of carbonyl (C=O) groups excluding carboxylic acids is 1. The van der Waals surface area contributed by atoms with E-state index in [1.54, 1.807) is 18.2 Å². The zero-order valence-electron chi connectivity index (χ0n) is 16.3. The number of carbonyl (C=O) groups is 1. The summed E-state index contributed by atoms with van der Waals surface area (Å²) in [5.41, 5.74) is 1.46. The minimum Gasteiger partial charge on any atom is -0.342 e. The first-order valence-corrected chi connectivity index (χ1v) is 10.7. The summed E-state index contributed by atoms with van der Waals surface area (Å²) in [7, 11) is 0. The van der Waals surface area contributed by atoms with Gasteiger partial charge in [0.15, 0.2) is 11.0 Å². The molecule has 150 valence electrons. The molecule has 0 unspecified atom stereocenters. The highest BCUT2D eigenvalue weighted by Gasteiger charge is 2.26. The van der Waals surface area contributed by atoms with Crippen LogP contribution in [0.2, 0.25) is 0 Å². The minimum atomic E-state index is -0.341. The molecule has 1 fully saturated rings. The quantitative estimate of drug-likeness (QED) is 0.571. The van der Waals surface area contributed by atoms with Crippen molar-refractivity contribution >= 4 is 17.7 Å². The Bertz CT molecular complexity index is 985. The van der Waals surface area contributed by atoms with E-state index in [0.29, 0.717) is 23.1 Å². The van der Waals surface area contributed by atoms with Gasteiger partial charge in [0.25, 0.3) is 0 Å². The Morgan fingerprint density at radius 3 is 2.48 bits per heavy atom. The fourth-order valence-corrected chi connectivity index (χ4v) is 4.46. The van der Waals surface area contributed by atoms with Crippen molar-refractivity contribution in [2.24, 2.45) is 0 Å². The lowest BCUT2D eigenvalue weighted by atomic mass is 10.2. The molecule has 4 rings (SSSR count). The van der Waals surface area contributed by atoms with E-state index in [-0.39, 0.29) is 17.0 Å². The van der Waals surface area contributed by atoms with Gasteiger partial charge in [-0.1, -0.05) is 54.2 Å². The van der Waals surface area contributed by atoms with Crippen LogP contribution in [0.15, 0.2) is 59.8 Å². The Kier molecular flexibility index (Phi) is 5.94. The molecule has 1 aromatic heterocycles. The molecule has 0 aliphatic carbocycles. The molecule has 29 heavy (non-hydrogen) atoms. The fraction of sp³-hybridized carbons (Fsp3) is 0.318. The van der Waals surface area contributed by atoms with Gasteiger partial charge in [-0.25, -0.2) is 4.39 Å². The maximum absolute atomic E-state index is 14.4. The number of thioether (sulfide) groups is 1. The number of hydrogen-bond acceptors (Lipinski definition) is 4. The predicted molar refractivity (Wildman–Crippen MR) is 112 cm³/mol. The summed E-state index contributed by atoms with van der Waals surface area (Å²) in [6.07, 6.45) is 2.12. The lowest BCUT2D eigenvalue weighted by Crippen LogP contribution is -2.34. The molecule has 7 heteroatoms. The normalized spacial score (nSPS) is 14.9. The summed E-state index contributed by atoms with van der Waals surface area (Å²) in [6.45, 7) is 4.04. The Balaban J connectivity index is 1.66. The molecule has 1 atom stereocenters. The zero-order chi connectivity index (χ0) is 20.2. The SMILES string of the molecule is C[C@H](Sc1nnc(-c2ccccc2F)n1Cc1ccccc1)C(=O)N1CCCC1. The third-order valence-electron chi connectivity index (χ3n) is 5.06. The molecule has 0 spiro atoms. The molecule has 3 aromatic rings. The van der Waals surface area contributed by atoms with E-state index in [1.165, 1.54) is 17.8 Å². The Labute approximate surface area is 173 Å². The van der Waals surface area contributed by atoms with Crippen molar-refractivity contribution in [1.29, 1.82) is 0 Å². The Hall–Kier alpha value is -2.67. The topological polar surface area (TPSA) is 51.0 Å². The molecule has 0 bridgehead atoms. The number of nitrogens with zero attached hydrogens (tertiary/aromatic N) is 4. The third kappa shape index (κ3) is 4.34. The molecule has 5 nitrogen and oxygen atoms in total. The Morgan fingerprint density at radius 1 is 1.07 bits per heavy atom. The largest absolute Gasteiger partial charge is 0.342 e. The van der Waals surface area contributed by atoms with Crippen LogP contribution in [0.25, 0.3) is 11.4 Å². The van der Waals surface area contributed by atoms with Crippen molar-refractivity contribution in [3.05, 3.63) is 66.0 Å². The summed E-state index contributed by atoms with van der Waals surface area (Å²) >= 11 is 1.38. The highest BCUT2D eigenvalue weighted by Crippen LogP contribution is 2.30. The van der Waals surface area contributed by atoms with Gasteiger partial charge in [-0.2, -0.15) is 0 Å². The van der Waals surface area contributed by atoms with Gasteiger partial charge in [-0.3, -0.25) is 9.36 Å². The van der Waals surface area contributed by atoms with Crippen LogP contribution in [0.5, 0.6) is 0 Å². The van der Waals surface area contributed by atoms with Crippen LogP contribution in [0.3, 0.4) is 0 Å². The smallest absolute Gasteiger partial charge is 0.235 e. The Morgan fingerprint density at radius 2 is 1.76 bits per heavy atom. The maximum Gasteiger partial charge on any atom is 0.235 e. The van der Waals surface area contributed by atoms with Gasteiger partial charge in [0, 0.05) is 13.1 Å². The van der Waals surface area contributed by atoms with Crippen LogP contribution in [0.1, 0.15) is 25.3 Å². The van der Waals surface area contributed by atoms with E-state index in [4.69, 9.17) is 0 Å². The summed E-state index contributed by atoms with van der Waals surface area (Å²) in [6, 6.07) is 16.5. The van der Waals surface area contributed by atoms with Crippen molar-refractivity contribution in [2.75, 3.05) is 13.1 Å². The van der Waals surface area contributed by atoms with Gasteiger partial charge in [-0.15, -0.1) is 10.2 Å². The average Bonchev–Trinajstić information content (AvgIpc) is 3.40. The molecular formula is C22H23FN4OS. The number of likely N-dealkylation sites (tertiary alicyclic amines) is 1. The lowest BCUT2D eigenvalue weighted by molar-refractivity contribution is -0.129. The van der Waals surface area contributed by atoms with E-state index < -0.39 is 0 Å². The van der Waals surface area contributed by atoms with E-state index in [9.17, 15) is 9.18 Å². The molecule has 1 aliphatic rings. The number of halogens is 1. The second-order valence-electron chi connectivity index (χ2n) is 7.15. The number of aromatic nitrogens is 3. The van der Waals surface area contributed by atoms with Gasteiger partial charge < -0.3 is 4.90 Å². The van der Waals surface area contributed by atoms with Gasteiger partial charge in [-0.05, 0) is 37.5 Å². The minimum absolute atomic E-state index is 0.120. The molecule has 0 N–H and O–H groups in total. The molecule has 2 aromatic carbocycles. The van der Waals surface area contributed by atoms with Crippen molar-refractivity contribution in [1.82, 2.24) is 19.7 Å². The molecule has 1 amide bonds. The first-order valence-electron chi connectivity index (χ1n) is 9.81. The number of hydrogen-bond donors (Lipinski definition) is 0. The van der Waals surface area contributed by atoms with Gasteiger partial charge in [0.2, 0.25) is 5.91 Å². The van der Waals surface area contributed by atoms with Crippen LogP contribution < -0.4 is 0 Å². The summed E-state index contributed by atoms with van der Waals surface area (Å²) in [4.78, 5) is 14.6. The van der Waals surface area contributed by atoms with E-state index in [2.05, 4.69) is 10.2 Å². The van der Waals surface area contributed by atoms with Crippen LogP contribution in [0.4, 0.5) is 4.39 Å². The van der Waals surface area contributed by atoms with Gasteiger partial charge in [0.05, 0.1) is 17.4 Å². The van der Waals surface area contributed by atoms with Crippen LogP contribution >= 0.6 is 11.8 Å². The molecule has 1 saturated heterocycles. The molecule has 1 aliphatic heterocycles. The van der Waals surface area contributed by atoms with Crippen molar-refractivity contribution in [3.63, 3.8) is 0 Å². The van der Waals surface area contributed by atoms with E-state index in [0.717, 1.165) is 31.5 Å². The first kappa shape index (κ1) is 19.6. The highest BCUT2D eigenvalue weighted by molar-refractivity contribution is 8.00. The van der Waals surface area contributed by atoms with Crippen molar-refractivity contribution in [3.8, 4) is 11.4 Å². The second kappa shape index (κ2) is 8.78. The van der Waals surface area contributed by atoms with E-state index in [1.807, 2.05) is 46.7 Å². The fourth-order valence-electron chi connectivity index (χ4n) is 3.53. The number of benzene rings is 2. The van der Waals surface area contributed by atoms with Crippen molar-refractivity contribution < 1.29 is 9.18 Å². The molecule has 0 saturated carbocycles. The van der Waals surface area contributed by atoms with Gasteiger partial charge >= 0.3 is 0 Å². The third-order valence-corrected chi connectivity index (χ3v) is 6.13. The molecular weight excluding hydrogens is 387 g/mol. The molecule has 0 radical (unpaired) electrons. The lowest BCUT2D eigenvalue weighted by Gasteiger charge is -2.20. The summed E-state index contributed by atoms with van der Waals surface area (Å²) in [5.74, 6) is 0.247. The average molecular weight is 411 g/mol. The highest BCUT2D eigenvalue weighted by atomic mass is 32.2. The second-order valence-corrected chi connectivity index (χ2v) is 8.46. The standard InChI is InChI=1S/C22H23FN4OS/c1-16(21(28)26-13-7-8-14-26)29-22-25-24-20(18-11-5-6-12-19(18)23)27(22)15-17-9-3-2-4-10-17/h2-6,9-12,16H,7-8,13-15H2,1H3/t16-/m0/s1. The monoisotopic (exact) mass is 410 g/mol. The van der Waals surface area contributed by atoms with Gasteiger partial charge in [0.1, 0.15) is 5.82 Å². The first-order chi connectivity index (χ1) is 14.1. The van der Waals surface area contributed by atoms with Crippen LogP contribution in [0, 0.1) is 5.82 Å². The number of amides is 1. The maximum atomic E-state index is 14.4. The van der Waals surface area contributed by atoms with Crippen LogP contribution in [-0.2, 0) is 11.3 Å². The van der Waals surface area contributed by atoms with E-state index >= 15 is 0 Å². The van der Waals surface area contributed by atoms with Crippen molar-refractivity contribution in [2.45, 2.75) is 36.7 Å². The predicted octanol–water partition coefficient (Wildman–Crippen LogP) is 4.24.